The highest BCUT2D eigenvalue weighted by atomic mass is 35.5. The Kier molecular flexibility index (Phi) is 11.1. The van der Waals surface area contributed by atoms with Crippen LogP contribution in [-0.4, -0.2) is 86.6 Å². The molecule has 232 valence electrons. The first kappa shape index (κ1) is 33.5. The monoisotopic (exact) mass is 606 g/mol. The molecule has 1 aliphatic carbocycles. The number of nitrogens with one attached hydrogen (secondary N) is 2. The summed E-state index contributed by atoms with van der Waals surface area (Å²) >= 11 is 0. The molecule has 2 aliphatic rings. The number of benzene rings is 1. The van der Waals surface area contributed by atoms with E-state index in [9.17, 15) is 23.9 Å². The Morgan fingerprint density at radius 1 is 1.21 bits per heavy atom. The van der Waals surface area contributed by atoms with E-state index >= 15 is 0 Å². The number of amides is 3. The molecule has 0 spiro atoms. The zero-order chi connectivity index (χ0) is 29.8. The van der Waals surface area contributed by atoms with Crippen molar-refractivity contribution in [1.29, 1.82) is 0 Å². The fraction of sp³-hybridized carbons (Fsp3) is 0.600. The molecular formula is C30H44ClFN6O4. The first-order chi connectivity index (χ1) is 19.4. The minimum Gasteiger partial charge on any atom is -0.391 e. The van der Waals surface area contributed by atoms with Crippen LogP contribution in [0, 0.1) is 5.41 Å². The molecule has 1 aliphatic heterocycles. The first-order valence-corrected chi connectivity index (χ1v) is 14.5. The Hall–Kier alpha value is -3.02. The lowest BCUT2D eigenvalue weighted by molar-refractivity contribution is -0.142. The average Bonchev–Trinajstić information content (AvgIpc) is 3.32. The predicted molar refractivity (Wildman–Crippen MR) is 160 cm³/mol. The maximum Gasteiger partial charge on any atom is 0.271 e. The van der Waals surface area contributed by atoms with E-state index in [1.807, 2.05) is 18.2 Å². The van der Waals surface area contributed by atoms with Crippen LogP contribution < -0.4 is 11.1 Å². The van der Waals surface area contributed by atoms with Crippen molar-refractivity contribution in [1.82, 2.24) is 25.1 Å². The summed E-state index contributed by atoms with van der Waals surface area (Å²) in [5, 5.41) is 13.1. The normalized spacial score (nSPS) is 20.0. The molecule has 3 atom stereocenters. The second-order valence-electron chi connectivity index (χ2n) is 12.3. The molecule has 12 heteroatoms. The summed E-state index contributed by atoms with van der Waals surface area (Å²) in [4.78, 5) is 50.2. The Labute approximate surface area is 253 Å². The summed E-state index contributed by atoms with van der Waals surface area (Å²) in [7, 11) is 0. The van der Waals surface area contributed by atoms with Gasteiger partial charge in [-0.2, -0.15) is 0 Å². The molecule has 0 radical (unpaired) electrons. The SMILES string of the molecule is CC(C)(C)[C@H](NC(=O)C1(F)CC1)C(=O)N1C[C@H](O)C[C@H]1c1ncc(C(=O)N(CCN)CCCCc2ccccc2)[nH]1.Cl. The standard InChI is InChI=1S/C30H43FN6O4.ClH/c1-29(2,3)24(35-28(41)30(31)12-13-30)27(40)37-19-21(38)17-23(37)25-33-18-22(34-25)26(39)36(16-14-32)15-8-7-11-20-9-5-4-6-10-20;/h4-6,9-10,18,21,23-24,38H,7-8,11-17,19,32H2,1-3H3,(H,33,34)(H,35,41);1H/t21-,23+,24-;/m1./s1. The molecule has 2 aromatic rings. The van der Waals surface area contributed by atoms with Crippen molar-refractivity contribution in [2.45, 2.75) is 83.2 Å². The molecule has 1 saturated heterocycles. The number of rotatable bonds is 12. The number of aromatic amines is 1. The van der Waals surface area contributed by atoms with Gasteiger partial charge in [-0.3, -0.25) is 14.4 Å². The minimum absolute atomic E-state index is 0. The molecule has 0 unspecified atom stereocenters. The van der Waals surface area contributed by atoms with Crippen molar-refractivity contribution in [2.24, 2.45) is 11.1 Å². The number of carbonyl (C=O) groups is 3. The lowest BCUT2D eigenvalue weighted by atomic mass is 9.85. The molecule has 3 amide bonds. The highest BCUT2D eigenvalue weighted by molar-refractivity contribution is 5.94. The van der Waals surface area contributed by atoms with E-state index in [-0.39, 0.29) is 49.8 Å². The van der Waals surface area contributed by atoms with Crippen LogP contribution in [0.4, 0.5) is 4.39 Å². The maximum atomic E-state index is 14.4. The molecule has 4 rings (SSSR count). The Morgan fingerprint density at radius 2 is 1.90 bits per heavy atom. The van der Waals surface area contributed by atoms with Gasteiger partial charge in [-0.25, -0.2) is 9.37 Å². The highest BCUT2D eigenvalue weighted by Gasteiger charge is 2.53. The fourth-order valence-corrected chi connectivity index (χ4v) is 5.26. The van der Waals surface area contributed by atoms with Crippen molar-refractivity contribution in [3.63, 3.8) is 0 Å². The van der Waals surface area contributed by atoms with Crippen molar-refractivity contribution < 1.29 is 23.9 Å². The summed E-state index contributed by atoms with van der Waals surface area (Å²) in [6, 6.07) is 8.57. The number of likely N-dealkylation sites (tertiary alicyclic amines) is 1. The largest absolute Gasteiger partial charge is 0.391 e. The van der Waals surface area contributed by atoms with Gasteiger partial charge < -0.3 is 30.9 Å². The molecule has 10 nitrogen and oxygen atoms in total. The summed E-state index contributed by atoms with van der Waals surface area (Å²) in [5.74, 6) is -1.07. The van der Waals surface area contributed by atoms with Crippen LogP contribution in [0.1, 0.15) is 80.8 Å². The van der Waals surface area contributed by atoms with Gasteiger partial charge in [0.15, 0.2) is 5.67 Å². The van der Waals surface area contributed by atoms with Crippen LogP contribution in [0.5, 0.6) is 0 Å². The van der Waals surface area contributed by atoms with Crippen LogP contribution in [0.25, 0.3) is 0 Å². The second-order valence-corrected chi connectivity index (χ2v) is 12.3. The van der Waals surface area contributed by atoms with E-state index in [1.54, 1.807) is 25.7 Å². The number of nitrogens with zero attached hydrogens (tertiary/aromatic N) is 3. The van der Waals surface area contributed by atoms with Gasteiger partial charge >= 0.3 is 0 Å². The van der Waals surface area contributed by atoms with Crippen molar-refractivity contribution in [2.75, 3.05) is 26.2 Å². The lowest BCUT2D eigenvalue weighted by Gasteiger charge is -2.35. The smallest absolute Gasteiger partial charge is 0.271 e. The molecule has 1 aromatic carbocycles. The van der Waals surface area contributed by atoms with Gasteiger partial charge in [-0.15, -0.1) is 12.4 Å². The third-order valence-corrected chi connectivity index (χ3v) is 7.86. The number of carbonyl (C=O) groups excluding carboxylic acids is 3. The number of halogens is 2. The molecule has 2 heterocycles. The zero-order valence-electron chi connectivity index (χ0n) is 24.6. The van der Waals surface area contributed by atoms with Crippen molar-refractivity contribution >= 4 is 30.1 Å². The average molecular weight is 607 g/mol. The van der Waals surface area contributed by atoms with E-state index in [0.717, 1.165) is 19.3 Å². The van der Waals surface area contributed by atoms with E-state index in [4.69, 9.17) is 5.73 Å². The molecule has 42 heavy (non-hydrogen) atoms. The first-order valence-electron chi connectivity index (χ1n) is 14.5. The number of unbranched alkanes of at least 4 members (excludes halogenated alkanes) is 1. The van der Waals surface area contributed by atoms with Gasteiger partial charge in [0.05, 0.1) is 18.3 Å². The van der Waals surface area contributed by atoms with Gasteiger partial charge in [-0.05, 0) is 43.1 Å². The fourth-order valence-electron chi connectivity index (χ4n) is 5.26. The third-order valence-electron chi connectivity index (χ3n) is 7.86. The number of aryl methyl sites for hydroxylation is 1. The van der Waals surface area contributed by atoms with E-state index in [0.29, 0.717) is 25.5 Å². The van der Waals surface area contributed by atoms with E-state index < -0.39 is 41.1 Å². The number of nitrogens with two attached hydrogens (primary N) is 1. The number of aromatic nitrogens is 2. The number of aliphatic hydroxyl groups is 1. The second kappa shape index (κ2) is 14.0. The Balaban J connectivity index is 0.00000484. The number of β-amino-alcohol motifs (C(OH)–C–C–N with tert-alkyl or cyclic N) is 1. The number of hydrogen-bond acceptors (Lipinski definition) is 6. The molecule has 0 bridgehead atoms. The number of aliphatic hydroxyl groups excluding tert-OH is 1. The number of H-pyrrole nitrogens is 1. The Bertz CT molecular complexity index is 1220. The van der Waals surface area contributed by atoms with Crippen molar-refractivity contribution in [3.8, 4) is 0 Å². The molecular weight excluding hydrogens is 563 g/mol. The number of alkyl halides is 1. The minimum atomic E-state index is -1.92. The summed E-state index contributed by atoms with van der Waals surface area (Å²) < 4.78 is 14.4. The number of imidazole rings is 1. The Morgan fingerprint density at radius 3 is 2.52 bits per heavy atom. The summed E-state index contributed by atoms with van der Waals surface area (Å²) in [6.07, 6.45) is 3.82. The van der Waals surface area contributed by atoms with Crippen LogP contribution >= 0.6 is 12.4 Å². The quantitative estimate of drug-likeness (QED) is 0.274. The van der Waals surface area contributed by atoms with Crippen LogP contribution in [-0.2, 0) is 16.0 Å². The molecule has 1 saturated carbocycles. The van der Waals surface area contributed by atoms with Crippen LogP contribution in [0.15, 0.2) is 36.5 Å². The lowest BCUT2D eigenvalue weighted by Crippen LogP contribution is -2.56. The van der Waals surface area contributed by atoms with Gasteiger partial charge in [0.2, 0.25) is 5.91 Å². The number of hydrogen-bond donors (Lipinski definition) is 4. The van der Waals surface area contributed by atoms with Gasteiger partial charge in [-0.1, -0.05) is 51.1 Å². The maximum absolute atomic E-state index is 14.4. The van der Waals surface area contributed by atoms with Crippen LogP contribution in [0.3, 0.4) is 0 Å². The molecule has 5 N–H and O–H groups in total. The van der Waals surface area contributed by atoms with Crippen LogP contribution in [0.2, 0.25) is 0 Å². The third kappa shape index (κ3) is 8.08. The predicted octanol–water partition coefficient (Wildman–Crippen LogP) is 2.92. The summed E-state index contributed by atoms with van der Waals surface area (Å²) in [5.41, 5.74) is 4.71. The van der Waals surface area contributed by atoms with E-state index in [2.05, 4.69) is 27.4 Å². The highest BCUT2D eigenvalue weighted by Crippen LogP contribution is 2.41. The zero-order valence-corrected chi connectivity index (χ0v) is 25.5. The van der Waals surface area contributed by atoms with Gasteiger partial charge in [0.1, 0.15) is 17.6 Å². The van der Waals surface area contributed by atoms with Crippen molar-refractivity contribution in [3.05, 3.63) is 53.6 Å². The van der Waals surface area contributed by atoms with Gasteiger partial charge in [0, 0.05) is 32.6 Å². The van der Waals surface area contributed by atoms with Gasteiger partial charge in [0.25, 0.3) is 11.8 Å². The van der Waals surface area contributed by atoms with E-state index in [1.165, 1.54) is 16.7 Å². The summed E-state index contributed by atoms with van der Waals surface area (Å²) in [6.45, 7) is 6.70. The molecule has 1 aromatic heterocycles. The topological polar surface area (TPSA) is 145 Å². The molecule has 2 fully saturated rings.